The Morgan fingerprint density at radius 3 is 2.34 bits per heavy atom. The highest BCUT2D eigenvalue weighted by Gasteiger charge is 2.24. The van der Waals surface area contributed by atoms with Crippen LogP contribution in [0.25, 0.3) is 22.2 Å². The molecule has 1 aromatic carbocycles. The molecule has 3 heterocycles. The molecule has 3 aromatic rings. The van der Waals surface area contributed by atoms with E-state index >= 15 is 0 Å². The minimum atomic E-state index is -0.499. The van der Waals surface area contributed by atoms with Crippen LogP contribution in [0.1, 0.15) is 63.2 Å². The zero-order valence-corrected chi connectivity index (χ0v) is 24.2. The molecule has 2 fully saturated rings. The van der Waals surface area contributed by atoms with E-state index in [4.69, 9.17) is 9.72 Å². The third kappa shape index (κ3) is 7.52. The molecule has 41 heavy (non-hydrogen) atoms. The summed E-state index contributed by atoms with van der Waals surface area (Å²) in [5.74, 6) is 1.57. The zero-order valence-electron chi connectivity index (χ0n) is 24.2. The number of aliphatic hydroxyl groups is 1. The second kappa shape index (κ2) is 12.4. The molecular formula is C32H41N5O4. The molecule has 1 saturated heterocycles. The Labute approximate surface area is 241 Å². The fourth-order valence-electron chi connectivity index (χ4n) is 5.70. The van der Waals surface area contributed by atoms with Crippen LogP contribution >= 0.6 is 0 Å². The Morgan fingerprint density at radius 2 is 1.71 bits per heavy atom. The molecule has 1 aliphatic heterocycles. The molecule has 218 valence electrons. The van der Waals surface area contributed by atoms with Crippen LogP contribution in [-0.2, 0) is 4.74 Å². The van der Waals surface area contributed by atoms with E-state index in [0.29, 0.717) is 42.7 Å². The molecule has 0 spiro atoms. The standard InChI is InChI=1S/C32H41N5O4/c1-32(2,3)41-31(40)35-18-22-10-8-21(9-11-22)17-34-30(39)26-16-28(36-27-7-5-4-6-25(26)27)23-12-13-29(33-19-23)37-15-14-24(38)20-37/h4-7,12-13,16,19,21-22,24,38H,8-11,14-15,17-18,20H2,1-3H3,(H,34,39)(H,35,40). The number of ether oxygens (including phenoxy) is 1. The fraction of sp³-hybridized carbons (Fsp3) is 0.500. The highest BCUT2D eigenvalue weighted by atomic mass is 16.6. The van der Waals surface area contributed by atoms with Crippen molar-refractivity contribution < 1.29 is 19.4 Å². The van der Waals surface area contributed by atoms with Crippen molar-refractivity contribution in [3.63, 3.8) is 0 Å². The van der Waals surface area contributed by atoms with E-state index in [1.807, 2.05) is 63.2 Å². The zero-order chi connectivity index (χ0) is 29.0. The third-order valence-electron chi connectivity index (χ3n) is 7.94. The van der Waals surface area contributed by atoms with E-state index < -0.39 is 5.60 Å². The summed E-state index contributed by atoms with van der Waals surface area (Å²) in [5, 5.41) is 16.7. The summed E-state index contributed by atoms with van der Waals surface area (Å²) >= 11 is 0. The fourth-order valence-corrected chi connectivity index (χ4v) is 5.70. The van der Waals surface area contributed by atoms with E-state index in [1.165, 1.54) is 0 Å². The Bertz CT molecular complexity index is 1360. The Kier molecular flexibility index (Phi) is 8.73. The summed E-state index contributed by atoms with van der Waals surface area (Å²) < 4.78 is 5.34. The van der Waals surface area contributed by atoms with Crippen molar-refractivity contribution >= 4 is 28.7 Å². The SMILES string of the molecule is CC(C)(C)OC(=O)NCC1CCC(CNC(=O)c2cc(-c3ccc(N4CCC(O)C4)nc3)nc3ccccc23)CC1. The van der Waals surface area contributed by atoms with Gasteiger partial charge in [0.2, 0.25) is 0 Å². The van der Waals surface area contributed by atoms with Gasteiger partial charge < -0.3 is 25.4 Å². The summed E-state index contributed by atoms with van der Waals surface area (Å²) in [7, 11) is 0. The van der Waals surface area contributed by atoms with Gasteiger partial charge in [0.15, 0.2) is 0 Å². The van der Waals surface area contributed by atoms with Gasteiger partial charge in [0, 0.05) is 43.3 Å². The number of amides is 2. The molecule has 0 radical (unpaired) electrons. The molecule has 1 atom stereocenters. The highest BCUT2D eigenvalue weighted by molar-refractivity contribution is 6.07. The van der Waals surface area contributed by atoms with Crippen molar-refractivity contribution in [1.29, 1.82) is 0 Å². The Balaban J connectivity index is 1.19. The number of aliphatic hydroxyl groups excluding tert-OH is 1. The third-order valence-corrected chi connectivity index (χ3v) is 7.94. The van der Waals surface area contributed by atoms with Crippen LogP contribution < -0.4 is 15.5 Å². The number of nitrogens with one attached hydrogen (secondary N) is 2. The summed E-state index contributed by atoms with van der Waals surface area (Å²) in [6.07, 6.45) is 5.90. The summed E-state index contributed by atoms with van der Waals surface area (Å²) in [5.41, 5.74) is 2.41. The maximum atomic E-state index is 13.5. The lowest BCUT2D eigenvalue weighted by atomic mass is 9.82. The van der Waals surface area contributed by atoms with Gasteiger partial charge in [-0.1, -0.05) is 18.2 Å². The number of hydrogen-bond donors (Lipinski definition) is 3. The molecule has 2 aliphatic rings. The van der Waals surface area contributed by atoms with E-state index in [-0.39, 0.29) is 18.1 Å². The second-order valence-electron chi connectivity index (χ2n) is 12.3. The molecule has 3 N–H and O–H groups in total. The number of para-hydroxylation sites is 1. The monoisotopic (exact) mass is 559 g/mol. The summed E-state index contributed by atoms with van der Waals surface area (Å²) in [6, 6.07) is 13.5. The number of carbonyl (C=O) groups excluding carboxylic acids is 2. The minimum absolute atomic E-state index is 0.103. The van der Waals surface area contributed by atoms with Crippen LogP contribution in [0, 0.1) is 11.8 Å². The highest BCUT2D eigenvalue weighted by Crippen LogP contribution is 2.29. The van der Waals surface area contributed by atoms with Gasteiger partial charge in [-0.25, -0.2) is 14.8 Å². The van der Waals surface area contributed by atoms with E-state index in [1.54, 1.807) is 6.20 Å². The smallest absolute Gasteiger partial charge is 0.407 e. The lowest BCUT2D eigenvalue weighted by Crippen LogP contribution is -2.37. The van der Waals surface area contributed by atoms with Crippen molar-refractivity contribution in [3.05, 3.63) is 54.2 Å². The number of fused-ring (bicyclic) bond motifs is 1. The van der Waals surface area contributed by atoms with Gasteiger partial charge in [-0.2, -0.15) is 0 Å². The molecule has 9 heteroatoms. The number of carbonyl (C=O) groups is 2. The average molecular weight is 560 g/mol. The van der Waals surface area contributed by atoms with Crippen molar-refractivity contribution in [1.82, 2.24) is 20.6 Å². The largest absolute Gasteiger partial charge is 0.444 e. The van der Waals surface area contributed by atoms with Crippen LogP contribution in [-0.4, -0.2) is 65.0 Å². The number of benzene rings is 1. The maximum Gasteiger partial charge on any atom is 0.407 e. The molecule has 9 nitrogen and oxygen atoms in total. The van der Waals surface area contributed by atoms with Gasteiger partial charge in [-0.3, -0.25) is 4.79 Å². The van der Waals surface area contributed by atoms with Crippen LogP contribution in [0.5, 0.6) is 0 Å². The summed E-state index contributed by atoms with van der Waals surface area (Å²) in [6.45, 7) is 8.20. The van der Waals surface area contributed by atoms with Crippen LogP contribution in [0.3, 0.4) is 0 Å². The van der Waals surface area contributed by atoms with Crippen molar-refractivity contribution in [3.8, 4) is 11.3 Å². The van der Waals surface area contributed by atoms with Crippen molar-refractivity contribution in [2.75, 3.05) is 31.1 Å². The molecule has 2 amide bonds. The molecule has 5 rings (SSSR count). The van der Waals surface area contributed by atoms with E-state index in [0.717, 1.165) is 60.9 Å². The van der Waals surface area contributed by atoms with Crippen molar-refractivity contribution in [2.45, 2.75) is 64.6 Å². The molecular weight excluding hydrogens is 518 g/mol. The van der Waals surface area contributed by atoms with Gasteiger partial charge in [-0.15, -0.1) is 0 Å². The molecule has 2 aromatic heterocycles. The number of hydrogen-bond acceptors (Lipinski definition) is 7. The molecule has 1 saturated carbocycles. The normalized spacial score (nSPS) is 21.1. The van der Waals surface area contributed by atoms with E-state index in [9.17, 15) is 14.7 Å². The van der Waals surface area contributed by atoms with Gasteiger partial charge in [0.1, 0.15) is 11.4 Å². The Morgan fingerprint density at radius 1 is 1.00 bits per heavy atom. The van der Waals surface area contributed by atoms with Gasteiger partial charge in [0.25, 0.3) is 5.91 Å². The van der Waals surface area contributed by atoms with Gasteiger partial charge in [-0.05, 0) is 89.0 Å². The number of alkyl carbamates (subject to hydrolysis) is 1. The predicted octanol–water partition coefficient (Wildman–Crippen LogP) is 4.93. The Hall–Kier alpha value is -3.72. The number of nitrogens with zero attached hydrogens (tertiary/aromatic N) is 3. The number of rotatable bonds is 7. The van der Waals surface area contributed by atoms with Crippen LogP contribution in [0.2, 0.25) is 0 Å². The molecule has 1 aliphatic carbocycles. The first-order valence-corrected chi connectivity index (χ1v) is 14.7. The maximum absolute atomic E-state index is 13.5. The molecule has 0 bridgehead atoms. The van der Waals surface area contributed by atoms with Gasteiger partial charge >= 0.3 is 6.09 Å². The summed E-state index contributed by atoms with van der Waals surface area (Å²) in [4.78, 5) is 36.9. The lowest BCUT2D eigenvalue weighted by Gasteiger charge is -2.29. The number of aromatic nitrogens is 2. The second-order valence-corrected chi connectivity index (χ2v) is 12.3. The number of anilines is 1. The average Bonchev–Trinajstić information content (AvgIpc) is 3.40. The first-order valence-electron chi connectivity index (χ1n) is 14.7. The molecule has 1 unspecified atom stereocenters. The van der Waals surface area contributed by atoms with E-state index in [2.05, 4.69) is 20.5 Å². The van der Waals surface area contributed by atoms with Crippen LogP contribution in [0.15, 0.2) is 48.7 Å². The van der Waals surface area contributed by atoms with Crippen molar-refractivity contribution in [2.24, 2.45) is 11.8 Å². The number of pyridine rings is 2. The quantitative estimate of drug-likeness (QED) is 0.376. The topological polar surface area (TPSA) is 117 Å². The van der Waals surface area contributed by atoms with Crippen LogP contribution in [0.4, 0.5) is 10.6 Å². The first kappa shape index (κ1) is 28.8. The lowest BCUT2D eigenvalue weighted by molar-refractivity contribution is 0.0512. The predicted molar refractivity (Wildman–Crippen MR) is 160 cm³/mol. The van der Waals surface area contributed by atoms with Gasteiger partial charge in [0.05, 0.1) is 22.9 Å². The number of β-amino-alcohol motifs (C(OH)–C–C–N with tert-alkyl or cyclic N) is 1. The minimum Gasteiger partial charge on any atom is -0.444 e. The first-order chi connectivity index (χ1) is 19.6.